The molecule has 0 unspecified atom stereocenters. The molecule has 318 valence electrons. The first-order valence-corrected chi connectivity index (χ1v) is 19.6. The van der Waals surface area contributed by atoms with E-state index in [1.54, 1.807) is 13.8 Å². The Labute approximate surface area is 328 Å². The standard InChI is InChI=1S/C35H49N3O18S/c1-20(2)34(48)54-19-21-7-8-22(55-35-30(44)28(42)29(43)31(56-35)33(46)47)18-24(21)53-16-15-52-14-12-36-32(45)23(11-17-57(49,50)51)37-25(39)6-4-3-5-13-38-26(40)9-10-27(38)41/h7-10,18,20,23,28-31,35,42-44H,3-6,11-17,19H2,1-2H3,(H,36,45)(H,37,39)(H,46,47)(H,49,50,51)/t23-,28-,29-,30+,31-,35+/m0/s1. The summed E-state index contributed by atoms with van der Waals surface area (Å²) >= 11 is 0. The highest BCUT2D eigenvalue weighted by atomic mass is 32.2. The summed E-state index contributed by atoms with van der Waals surface area (Å²) in [6, 6.07) is 2.90. The summed E-state index contributed by atoms with van der Waals surface area (Å²) in [5.74, 6) is -5.27. The molecule has 1 fully saturated rings. The molecule has 1 aromatic rings. The number of nitrogens with zero attached hydrogens (tertiary/aromatic N) is 1. The van der Waals surface area contributed by atoms with Crippen LogP contribution in [-0.4, -0.2) is 149 Å². The predicted octanol–water partition coefficient (Wildman–Crippen LogP) is -1.58. The molecule has 1 aromatic carbocycles. The third kappa shape index (κ3) is 15.3. The largest absolute Gasteiger partial charge is 0.491 e. The van der Waals surface area contributed by atoms with Crippen molar-refractivity contribution in [3.8, 4) is 11.5 Å². The van der Waals surface area contributed by atoms with Crippen molar-refractivity contribution in [2.45, 2.75) is 89.3 Å². The quantitative estimate of drug-likeness (QED) is 0.0267. The molecule has 4 amide bonds. The molecule has 3 rings (SSSR count). The van der Waals surface area contributed by atoms with Gasteiger partial charge in [-0.3, -0.25) is 33.4 Å². The number of hydrogen-bond acceptors (Lipinski definition) is 16. The smallest absolute Gasteiger partial charge is 0.335 e. The highest BCUT2D eigenvalue weighted by molar-refractivity contribution is 7.85. The number of carboxylic acid groups (broad SMARTS) is 1. The molecule has 21 nitrogen and oxygen atoms in total. The number of carboxylic acids is 1. The lowest BCUT2D eigenvalue weighted by Gasteiger charge is -2.38. The zero-order chi connectivity index (χ0) is 42.3. The summed E-state index contributed by atoms with van der Waals surface area (Å²) in [5.41, 5.74) is 0.387. The molecule has 0 saturated carbocycles. The Balaban J connectivity index is 1.49. The van der Waals surface area contributed by atoms with E-state index in [0.29, 0.717) is 24.8 Å². The average Bonchev–Trinajstić information content (AvgIpc) is 3.47. The van der Waals surface area contributed by atoms with Crippen molar-refractivity contribution in [1.82, 2.24) is 15.5 Å². The Morgan fingerprint density at radius 1 is 0.947 bits per heavy atom. The van der Waals surface area contributed by atoms with Gasteiger partial charge in [-0.1, -0.05) is 20.3 Å². The molecule has 1 saturated heterocycles. The second-order valence-electron chi connectivity index (χ2n) is 13.3. The molecule has 57 heavy (non-hydrogen) atoms. The van der Waals surface area contributed by atoms with Crippen LogP contribution in [0.25, 0.3) is 0 Å². The molecule has 2 aliphatic heterocycles. The number of imide groups is 1. The fraction of sp³-hybridized carbons (Fsp3) is 0.600. The van der Waals surface area contributed by atoms with Crippen molar-refractivity contribution in [3.05, 3.63) is 35.9 Å². The Bertz CT molecular complexity index is 1700. The third-order valence-corrected chi connectivity index (χ3v) is 9.23. The zero-order valence-corrected chi connectivity index (χ0v) is 32.1. The minimum Gasteiger partial charge on any atom is -0.491 e. The number of carbonyl (C=O) groups excluding carboxylic acids is 5. The fourth-order valence-corrected chi connectivity index (χ4v) is 5.86. The fourth-order valence-electron chi connectivity index (χ4n) is 5.33. The van der Waals surface area contributed by atoms with Gasteiger partial charge in [0, 0.05) is 43.3 Å². The highest BCUT2D eigenvalue weighted by Crippen LogP contribution is 2.30. The summed E-state index contributed by atoms with van der Waals surface area (Å²) in [4.78, 5) is 73.3. The number of nitrogens with one attached hydrogen (secondary N) is 2. The molecule has 0 radical (unpaired) electrons. The third-order valence-electron chi connectivity index (χ3n) is 8.48. The minimum atomic E-state index is -4.45. The SMILES string of the molecule is CC(C)C(=O)OCc1ccc(O[C@@H]2O[C@H](C(=O)O)[C@@H](O)[C@H](O)[C@H]2O)cc1OCCOCCNC(=O)[C@H](CCS(=O)(=O)O)NC(=O)CCCCCN1C(=O)C=CC1=O. The van der Waals surface area contributed by atoms with Crippen LogP contribution < -0.4 is 20.1 Å². The Morgan fingerprint density at radius 2 is 1.65 bits per heavy atom. The van der Waals surface area contributed by atoms with E-state index < -0.39 is 101 Å². The number of aliphatic carboxylic acids is 1. The molecule has 7 N–H and O–H groups in total. The van der Waals surface area contributed by atoms with E-state index in [0.717, 1.165) is 4.90 Å². The molecule has 2 heterocycles. The highest BCUT2D eigenvalue weighted by Gasteiger charge is 2.48. The number of unbranched alkanes of at least 4 members (excludes halogenated alkanes) is 2. The number of aliphatic hydroxyl groups is 3. The molecule has 2 aliphatic rings. The number of benzene rings is 1. The van der Waals surface area contributed by atoms with Gasteiger partial charge in [-0.15, -0.1) is 0 Å². The van der Waals surface area contributed by atoms with Crippen molar-refractivity contribution < 1.29 is 85.8 Å². The molecule has 0 aliphatic carbocycles. The number of amides is 4. The Kier molecular flexibility index (Phi) is 18.2. The van der Waals surface area contributed by atoms with Gasteiger partial charge in [0.1, 0.15) is 49.1 Å². The number of ether oxygens (including phenoxy) is 5. The normalized spacial score (nSPS) is 21.3. The first-order chi connectivity index (χ1) is 26.9. The van der Waals surface area contributed by atoms with Gasteiger partial charge < -0.3 is 54.7 Å². The van der Waals surface area contributed by atoms with E-state index in [1.807, 2.05) is 0 Å². The van der Waals surface area contributed by atoms with E-state index in [2.05, 4.69) is 10.6 Å². The second-order valence-corrected chi connectivity index (χ2v) is 14.9. The number of carbonyl (C=O) groups is 6. The van der Waals surface area contributed by atoms with E-state index >= 15 is 0 Å². The van der Waals surface area contributed by atoms with Crippen LogP contribution in [0.4, 0.5) is 0 Å². The Morgan fingerprint density at radius 3 is 2.30 bits per heavy atom. The van der Waals surface area contributed by atoms with Gasteiger partial charge in [-0.25, -0.2) is 4.79 Å². The van der Waals surface area contributed by atoms with Crippen LogP contribution in [0.3, 0.4) is 0 Å². The van der Waals surface area contributed by atoms with Crippen LogP contribution in [-0.2, 0) is 59.7 Å². The molecule has 0 bridgehead atoms. The summed E-state index contributed by atoms with van der Waals surface area (Å²) in [5, 5.41) is 44.7. The lowest BCUT2D eigenvalue weighted by Crippen LogP contribution is -2.61. The predicted molar refractivity (Wildman–Crippen MR) is 193 cm³/mol. The average molecular weight is 832 g/mol. The lowest BCUT2D eigenvalue weighted by atomic mass is 9.99. The van der Waals surface area contributed by atoms with Gasteiger partial charge in [0.25, 0.3) is 21.9 Å². The topological polar surface area (TPSA) is 311 Å². The van der Waals surface area contributed by atoms with Crippen LogP contribution in [0.15, 0.2) is 30.4 Å². The van der Waals surface area contributed by atoms with Crippen molar-refractivity contribution in [2.24, 2.45) is 5.92 Å². The molecule has 6 atom stereocenters. The van der Waals surface area contributed by atoms with Crippen LogP contribution >= 0.6 is 0 Å². The molecular formula is C35H49N3O18S. The van der Waals surface area contributed by atoms with Gasteiger partial charge in [0.15, 0.2) is 6.10 Å². The number of hydrogen-bond donors (Lipinski definition) is 7. The van der Waals surface area contributed by atoms with Gasteiger partial charge in [0.05, 0.1) is 24.9 Å². The van der Waals surface area contributed by atoms with Crippen molar-refractivity contribution >= 4 is 45.7 Å². The van der Waals surface area contributed by atoms with Crippen molar-refractivity contribution in [2.75, 3.05) is 38.7 Å². The summed E-state index contributed by atoms with van der Waals surface area (Å²) in [6.45, 7) is 3.03. The second kappa shape index (κ2) is 22.3. The van der Waals surface area contributed by atoms with Crippen molar-refractivity contribution in [3.63, 3.8) is 0 Å². The molecular weight excluding hydrogens is 782 g/mol. The molecule has 22 heteroatoms. The van der Waals surface area contributed by atoms with Gasteiger partial charge in [0.2, 0.25) is 18.1 Å². The first kappa shape index (κ1) is 46.7. The summed E-state index contributed by atoms with van der Waals surface area (Å²) in [6.07, 6.45) is -6.01. The maximum atomic E-state index is 12.8. The van der Waals surface area contributed by atoms with Crippen LogP contribution in [0, 0.1) is 5.92 Å². The van der Waals surface area contributed by atoms with Gasteiger partial charge in [-0.2, -0.15) is 8.42 Å². The van der Waals surface area contributed by atoms with E-state index in [9.17, 15) is 62.2 Å². The summed E-state index contributed by atoms with van der Waals surface area (Å²) < 4.78 is 59.2. The van der Waals surface area contributed by atoms with Crippen LogP contribution in [0.5, 0.6) is 11.5 Å². The lowest BCUT2D eigenvalue weighted by molar-refractivity contribution is -0.271. The zero-order valence-electron chi connectivity index (χ0n) is 31.3. The maximum Gasteiger partial charge on any atom is 0.335 e. The van der Waals surface area contributed by atoms with Crippen molar-refractivity contribution in [1.29, 1.82) is 0 Å². The molecule has 0 aromatic heterocycles. The van der Waals surface area contributed by atoms with Gasteiger partial charge in [-0.05, 0) is 31.4 Å². The number of esters is 1. The maximum absolute atomic E-state index is 12.8. The van der Waals surface area contributed by atoms with E-state index in [4.69, 9.17) is 23.7 Å². The molecule has 0 spiro atoms. The Hall–Kier alpha value is -4.71. The van der Waals surface area contributed by atoms with E-state index in [1.165, 1.54) is 30.4 Å². The minimum absolute atomic E-state index is 0.00865. The summed E-state index contributed by atoms with van der Waals surface area (Å²) in [7, 11) is -4.45. The van der Waals surface area contributed by atoms with Crippen LogP contribution in [0.1, 0.15) is 51.5 Å². The van der Waals surface area contributed by atoms with E-state index in [-0.39, 0.29) is 57.4 Å². The first-order valence-electron chi connectivity index (χ1n) is 18.0. The number of aliphatic hydroxyl groups excluding tert-OH is 3. The monoisotopic (exact) mass is 831 g/mol. The van der Waals surface area contributed by atoms with Gasteiger partial charge >= 0.3 is 11.9 Å². The number of rotatable bonds is 24. The van der Waals surface area contributed by atoms with Crippen LogP contribution in [0.2, 0.25) is 0 Å².